The summed E-state index contributed by atoms with van der Waals surface area (Å²) in [4.78, 5) is 2.28. The second-order valence-electron chi connectivity index (χ2n) is 5.31. The number of nitrogens with two attached hydrogens (primary N) is 1. The van der Waals surface area contributed by atoms with Crippen molar-refractivity contribution in [3.8, 4) is 0 Å². The third kappa shape index (κ3) is 2.92. The molecule has 4 heteroatoms. The van der Waals surface area contributed by atoms with Crippen molar-refractivity contribution >= 4 is 0 Å². The van der Waals surface area contributed by atoms with Gasteiger partial charge in [-0.05, 0) is 25.0 Å². The van der Waals surface area contributed by atoms with E-state index in [4.69, 9.17) is 10.2 Å². The van der Waals surface area contributed by atoms with Crippen LogP contribution in [0.5, 0.6) is 0 Å². The Morgan fingerprint density at radius 1 is 1.15 bits per heavy atom. The van der Waals surface area contributed by atoms with Crippen molar-refractivity contribution in [3.05, 3.63) is 59.3 Å². The minimum Gasteiger partial charge on any atom is -0.468 e. The molecule has 0 radical (unpaired) electrons. The first-order chi connectivity index (χ1) is 9.78. The van der Waals surface area contributed by atoms with E-state index >= 15 is 0 Å². The predicted octanol–water partition coefficient (Wildman–Crippen LogP) is 3.04. The van der Waals surface area contributed by atoms with E-state index in [2.05, 4.69) is 4.90 Å². The topological polar surface area (TPSA) is 42.4 Å². The SMILES string of the molecule is NCc1cccc(CN(Cc2ccco2)C2CC2)c1F. The predicted molar refractivity (Wildman–Crippen MR) is 75.3 cm³/mol. The Kier molecular flexibility index (Phi) is 3.85. The Labute approximate surface area is 118 Å². The summed E-state index contributed by atoms with van der Waals surface area (Å²) in [6.07, 6.45) is 4.04. The van der Waals surface area contributed by atoms with Gasteiger partial charge in [0, 0.05) is 30.3 Å². The molecule has 1 heterocycles. The van der Waals surface area contributed by atoms with Crippen LogP contribution in [0.3, 0.4) is 0 Å². The van der Waals surface area contributed by atoms with Gasteiger partial charge in [0.25, 0.3) is 0 Å². The van der Waals surface area contributed by atoms with Crippen LogP contribution in [0.4, 0.5) is 4.39 Å². The zero-order chi connectivity index (χ0) is 13.9. The van der Waals surface area contributed by atoms with E-state index in [-0.39, 0.29) is 12.4 Å². The lowest BCUT2D eigenvalue weighted by Crippen LogP contribution is -2.25. The average Bonchev–Trinajstić information content (AvgIpc) is 3.18. The molecule has 0 bridgehead atoms. The van der Waals surface area contributed by atoms with Gasteiger partial charge < -0.3 is 10.2 Å². The van der Waals surface area contributed by atoms with Crippen LogP contribution in [-0.4, -0.2) is 10.9 Å². The van der Waals surface area contributed by atoms with Crippen LogP contribution < -0.4 is 5.73 Å². The van der Waals surface area contributed by atoms with Crippen LogP contribution in [0.2, 0.25) is 0 Å². The van der Waals surface area contributed by atoms with Gasteiger partial charge in [-0.2, -0.15) is 0 Å². The molecule has 0 saturated heterocycles. The van der Waals surface area contributed by atoms with Gasteiger partial charge in [0.05, 0.1) is 12.8 Å². The Bertz CT molecular complexity index is 564. The summed E-state index contributed by atoms with van der Waals surface area (Å²) in [5.41, 5.74) is 6.86. The molecule has 0 aliphatic heterocycles. The summed E-state index contributed by atoms with van der Waals surface area (Å²) >= 11 is 0. The summed E-state index contributed by atoms with van der Waals surface area (Å²) in [7, 11) is 0. The van der Waals surface area contributed by atoms with Crippen LogP contribution in [-0.2, 0) is 19.6 Å². The van der Waals surface area contributed by atoms with Gasteiger partial charge >= 0.3 is 0 Å². The fourth-order valence-corrected chi connectivity index (χ4v) is 2.49. The minimum atomic E-state index is -0.167. The fourth-order valence-electron chi connectivity index (χ4n) is 2.49. The van der Waals surface area contributed by atoms with Crippen LogP contribution in [0.1, 0.15) is 29.7 Å². The molecule has 1 aliphatic carbocycles. The number of hydrogen-bond donors (Lipinski definition) is 1. The fraction of sp³-hybridized carbons (Fsp3) is 0.375. The summed E-state index contributed by atoms with van der Waals surface area (Å²) < 4.78 is 19.7. The molecule has 1 aliphatic rings. The van der Waals surface area contributed by atoms with E-state index in [1.807, 2.05) is 24.3 Å². The van der Waals surface area contributed by atoms with Gasteiger partial charge in [-0.3, -0.25) is 4.90 Å². The molecule has 2 N–H and O–H groups in total. The van der Waals surface area contributed by atoms with Crippen LogP contribution in [0, 0.1) is 5.82 Å². The first-order valence-corrected chi connectivity index (χ1v) is 7.00. The van der Waals surface area contributed by atoms with Crippen molar-refractivity contribution in [2.75, 3.05) is 0 Å². The molecular formula is C16H19FN2O. The lowest BCUT2D eigenvalue weighted by Gasteiger charge is -2.21. The summed E-state index contributed by atoms with van der Waals surface area (Å²) in [6, 6.07) is 9.84. The smallest absolute Gasteiger partial charge is 0.132 e. The maximum absolute atomic E-state index is 14.3. The van der Waals surface area contributed by atoms with E-state index in [1.165, 1.54) is 12.8 Å². The maximum Gasteiger partial charge on any atom is 0.132 e. The van der Waals surface area contributed by atoms with Crippen molar-refractivity contribution < 1.29 is 8.81 Å². The Balaban J connectivity index is 1.76. The first kappa shape index (κ1) is 13.3. The highest BCUT2D eigenvalue weighted by atomic mass is 19.1. The van der Waals surface area contributed by atoms with Gasteiger partial charge in [0.15, 0.2) is 0 Å². The Morgan fingerprint density at radius 3 is 2.60 bits per heavy atom. The molecule has 1 fully saturated rings. The second-order valence-corrected chi connectivity index (χ2v) is 5.31. The number of rotatable bonds is 6. The van der Waals surface area contributed by atoms with Crippen molar-refractivity contribution in [2.45, 2.75) is 38.5 Å². The van der Waals surface area contributed by atoms with Gasteiger partial charge in [-0.15, -0.1) is 0 Å². The molecule has 0 atom stereocenters. The highest BCUT2D eigenvalue weighted by Crippen LogP contribution is 2.30. The standard InChI is InChI=1S/C16H19FN2O/c17-16-12(9-18)3-1-4-13(16)10-19(14-6-7-14)11-15-5-2-8-20-15/h1-5,8,14H,6-7,9-11,18H2. The van der Waals surface area contributed by atoms with Crippen LogP contribution in [0.25, 0.3) is 0 Å². The quantitative estimate of drug-likeness (QED) is 0.880. The number of benzene rings is 1. The maximum atomic E-state index is 14.3. The lowest BCUT2D eigenvalue weighted by molar-refractivity contribution is 0.222. The zero-order valence-electron chi connectivity index (χ0n) is 11.4. The van der Waals surface area contributed by atoms with Gasteiger partial charge in [-0.25, -0.2) is 4.39 Å². The monoisotopic (exact) mass is 274 g/mol. The molecule has 1 aromatic heterocycles. The number of hydrogen-bond acceptors (Lipinski definition) is 3. The van der Waals surface area contributed by atoms with Gasteiger partial charge in [-0.1, -0.05) is 18.2 Å². The van der Waals surface area contributed by atoms with Crippen molar-refractivity contribution in [3.63, 3.8) is 0 Å². The van der Waals surface area contributed by atoms with Crippen molar-refractivity contribution in [1.29, 1.82) is 0 Å². The average molecular weight is 274 g/mol. The molecule has 1 aromatic carbocycles. The largest absolute Gasteiger partial charge is 0.468 e. The third-order valence-electron chi connectivity index (χ3n) is 3.75. The number of nitrogens with zero attached hydrogens (tertiary/aromatic N) is 1. The highest BCUT2D eigenvalue weighted by Gasteiger charge is 2.30. The van der Waals surface area contributed by atoms with E-state index in [0.29, 0.717) is 23.7 Å². The molecule has 0 spiro atoms. The summed E-state index contributed by atoms with van der Waals surface area (Å²) in [6.45, 7) is 1.57. The lowest BCUT2D eigenvalue weighted by atomic mass is 10.1. The molecule has 0 amide bonds. The molecule has 3 nitrogen and oxygen atoms in total. The number of halogens is 1. The van der Waals surface area contributed by atoms with E-state index < -0.39 is 0 Å². The molecule has 20 heavy (non-hydrogen) atoms. The molecular weight excluding hydrogens is 255 g/mol. The molecule has 0 unspecified atom stereocenters. The third-order valence-corrected chi connectivity index (χ3v) is 3.75. The summed E-state index contributed by atoms with van der Waals surface area (Å²) in [5.74, 6) is 0.757. The molecule has 2 aromatic rings. The molecule has 3 rings (SSSR count). The first-order valence-electron chi connectivity index (χ1n) is 7.00. The van der Waals surface area contributed by atoms with Gasteiger partial charge in [0.1, 0.15) is 11.6 Å². The van der Waals surface area contributed by atoms with E-state index in [1.54, 1.807) is 12.3 Å². The molecule has 106 valence electrons. The highest BCUT2D eigenvalue weighted by molar-refractivity contribution is 5.26. The normalized spacial score (nSPS) is 14.9. The van der Waals surface area contributed by atoms with Gasteiger partial charge in [0.2, 0.25) is 0 Å². The number of furan rings is 1. The summed E-state index contributed by atoms with van der Waals surface area (Å²) in [5, 5.41) is 0. The Hall–Kier alpha value is -1.65. The van der Waals surface area contributed by atoms with E-state index in [9.17, 15) is 4.39 Å². The van der Waals surface area contributed by atoms with Crippen molar-refractivity contribution in [1.82, 2.24) is 4.90 Å². The molecule has 1 saturated carbocycles. The van der Waals surface area contributed by atoms with Crippen LogP contribution >= 0.6 is 0 Å². The zero-order valence-corrected chi connectivity index (χ0v) is 11.4. The van der Waals surface area contributed by atoms with Crippen molar-refractivity contribution in [2.24, 2.45) is 5.73 Å². The van der Waals surface area contributed by atoms with Crippen LogP contribution in [0.15, 0.2) is 41.0 Å². The van der Waals surface area contributed by atoms with E-state index in [0.717, 1.165) is 12.3 Å². The second kappa shape index (κ2) is 5.77. The minimum absolute atomic E-state index is 0.167. The Morgan fingerprint density at radius 2 is 1.95 bits per heavy atom.